The number of fused-ring (bicyclic) bond motifs is 1. The van der Waals surface area contributed by atoms with Crippen molar-refractivity contribution in [3.8, 4) is 5.75 Å². The third-order valence-corrected chi connectivity index (χ3v) is 5.76. The van der Waals surface area contributed by atoms with E-state index in [-0.39, 0.29) is 30.3 Å². The van der Waals surface area contributed by atoms with Crippen molar-refractivity contribution < 1.29 is 14.3 Å². The Morgan fingerprint density at radius 2 is 1.87 bits per heavy atom. The van der Waals surface area contributed by atoms with Crippen LogP contribution in [0, 0.1) is 0 Å². The second-order valence-electron chi connectivity index (χ2n) is 7.04. The van der Waals surface area contributed by atoms with E-state index in [9.17, 15) is 14.4 Å². The first-order chi connectivity index (χ1) is 15.0. The van der Waals surface area contributed by atoms with Gasteiger partial charge in [-0.15, -0.1) is 0 Å². The van der Waals surface area contributed by atoms with Crippen LogP contribution in [0.4, 0.5) is 5.82 Å². The predicted octanol–water partition coefficient (Wildman–Crippen LogP) is 2.40. The fourth-order valence-electron chi connectivity index (χ4n) is 3.38. The highest BCUT2D eigenvalue weighted by Gasteiger charge is 2.31. The molecule has 0 saturated heterocycles. The summed E-state index contributed by atoms with van der Waals surface area (Å²) in [6.45, 7) is -0.221. The SMILES string of the molecule is NC(=O)COc1ccc([C@H]2CC(=O)Nc3nc(SCc4ccccc4)[nH]c(=O)c32)cc1. The number of anilines is 1. The standard InChI is InChI=1S/C22H20N4O4S/c23-17(27)11-30-15-8-6-14(7-9-15)16-10-18(28)24-20-19(16)21(29)26-22(25-20)31-12-13-4-2-1-3-5-13/h1-9,16H,10-12H2,(H2,23,27)(H2,24,25,26,28,29)/t16-/m1/s1. The van der Waals surface area contributed by atoms with Crippen LogP contribution in [0.25, 0.3) is 0 Å². The molecular weight excluding hydrogens is 416 g/mol. The summed E-state index contributed by atoms with van der Waals surface area (Å²) in [5.74, 6) is 0.201. The van der Waals surface area contributed by atoms with Gasteiger partial charge in [-0.05, 0) is 23.3 Å². The van der Waals surface area contributed by atoms with Crippen LogP contribution in [0.1, 0.15) is 29.0 Å². The summed E-state index contributed by atoms with van der Waals surface area (Å²) in [5, 5.41) is 3.17. The molecule has 1 atom stereocenters. The van der Waals surface area contributed by atoms with Gasteiger partial charge in [0.2, 0.25) is 5.91 Å². The van der Waals surface area contributed by atoms with Gasteiger partial charge >= 0.3 is 0 Å². The van der Waals surface area contributed by atoms with Crippen molar-refractivity contribution in [3.63, 3.8) is 0 Å². The number of aromatic amines is 1. The van der Waals surface area contributed by atoms with E-state index in [1.54, 1.807) is 24.3 Å². The van der Waals surface area contributed by atoms with Crippen molar-refractivity contribution >= 4 is 29.4 Å². The molecule has 31 heavy (non-hydrogen) atoms. The fraction of sp³-hybridized carbons (Fsp3) is 0.182. The molecule has 1 aliphatic rings. The van der Waals surface area contributed by atoms with E-state index in [1.165, 1.54) is 11.8 Å². The zero-order chi connectivity index (χ0) is 21.8. The number of nitrogens with zero attached hydrogens (tertiary/aromatic N) is 1. The number of primary amides is 1. The van der Waals surface area contributed by atoms with Crippen LogP contribution in [-0.4, -0.2) is 28.4 Å². The number of nitrogens with one attached hydrogen (secondary N) is 2. The maximum atomic E-state index is 12.9. The highest BCUT2D eigenvalue weighted by Crippen LogP contribution is 2.35. The molecule has 4 rings (SSSR count). The first-order valence-electron chi connectivity index (χ1n) is 9.61. The van der Waals surface area contributed by atoms with E-state index in [0.29, 0.717) is 22.2 Å². The summed E-state index contributed by atoms with van der Waals surface area (Å²) < 4.78 is 5.27. The lowest BCUT2D eigenvalue weighted by atomic mass is 9.87. The second kappa shape index (κ2) is 9.05. The Labute approximate surface area is 182 Å². The van der Waals surface area contributed by atoms with Gasteiger partial charge in [0.25, 0.3) is 11.5 Å². The number of hydrogen-bond acceptors (Lipinski definition) is 6. The van der Waals surface area contributed by atoms with Crippen LogP contribution in [0.3, 0.4) is 0 Å². The minimum atomic E-state index is -0.569. The molecule has 0 fully saturated rings. The van der Waals surface area contributed by atoms with Crippen LogP contribution in [0.2, 0.25) is 0 Å². The number of ether oxygens (including phenoxy) is 1. The molecule has 0 aliphatic carbocycles. The fourth-order valence-corrected chi connectivity index (χ4v) is 4.20. The zero-order valence-corrected chi connectivity index (χ0v) is 17.3. The van der Waals surface area contributed by atoms with Gasteiger partial charge in [0, 0.05) is 18.1 Å². The minimum absolute atomic E-state index is 0.135. The van der Waals surface area contributed by atoms with Gasteiger partial charge in [-0.3, -0.25) is 14.4 Å². The number of nitrogens with two attached hydrogens (primary N) is 1. The van der Waals surface area contributed by atoms with Crippen molar-refractivity contribution in [2.75, 3.05) is 11.9 Å². The average Bonchev–Trinajstić information content (AvgIpc) is 2.76. The number of hydrogen-bond donors (Lipinski definition) is 3. The van der Waals surface area contributed by atoms with E-state index in [0.717, 1.165) is 11.1 Å². The second-order valence-corrected chi connectivity index (χ2v) is 8.00. The first kappa shape index (κ1) is 20.7. The van der Waals surface area contributed by atoms with Crippen LogP contribution in [-0.2, 0) is 15.3 Å². The van der Waals surface area contributed by atoms with Gasteiger partial charge < -0.3 is 20.8 Å². The molecule has 4 N–H and O–H groups in total. The summed E-state index contributed by atoms with van der Waals surface area (Å²) >= 11 is 1.40. The molecule has 0 saturated carbocycles. The van der Waals surface area contributed by atoms with Crippen molar-refractivity contribution in [1.29, 1.82) is 0 Å². The molecular formula is C22H20N4O4S. The molecule has 0 spiro atoms. The number of amides is 2. The lowest BCUT2D eigenvalue weighted by Crippen LogP contribution is -2.31. The monoisotopic (exact) mass is 436 g/mol. The maximum Gasteiger partial charge on any atom is 0.257 e. The molecule has 2 heterocycles. The van der Waals surface area contributed by atoms with Gasteiger partial charge in [0.15, 0.2) is 11.8 Å². The topological polar surface area (TPSA) is 127 Å². The third-order valence-electron chi connectivity index (χ3n) is 4.81. The first-order valence-corrected chi connectivity index (χ1v) is 10.6. The van der Waals surface area contributed by atoms with Crippen LogP contribution < -0.4 is 21.3 Å². The number of aromatic nitrogens is 2. The van der Waals surface area contributed by atoms with Crippen molar-refractivity contribution in [2.24, 2.45) is 5.73 Å². The van der Waals surface area contributed by atoms with E-state index in [4.69, 9.17) is 10.5 Å². The van der Waals surface area contributed by atoms with Gasteiger partial charge in [-0.1, -0.05) is 54.2 Å². The molecule has 1 aromatic heterocycles. The van der Waals surface area contributed by atoms with Crippen molar-refractivity contribution in [1.82, 2.24) is 9.97 Å². The highest BCUT2D eigenvalue weighted by atomic mass is 32.2. The summed E-state index contributed by atoms with van der Waals surface area (Å²) in [5.41, 5.74) is 7.11. The van der Waals surface area contributed by atoms with Gasteiger partial charge in [-0.2, -0.15) is 0 Å². The van der Waals surface area contributed by atoms with Crippen LogP contribution >= 0.6 is 11.8 Å². The van der Waals surface area contributed by atoms with Gasteiger partial charge in [-0.25, -0.2) is 4.98 Å². The Hall–Kier alpha value is -3.59. The Kier molecular flexibility index (Phi) is 6.03. The Balaban J connectivity index is 1.58. The third kappa shape index (κ3) is 4.95. The number of H-pyrrole nitrogens is 1. The van der Waals surface area contributed by atoms with E-state index in [1.807, 2.05) is 30.3 Å². The number of carbonyl (C=O) groups excluding carboxylic acids is 2. The van der Waals surface area contributed by atoms with E-state index >= 15 is 0 Å². The van der Waals surface area contributed by atoms with Crippen molar-refractivity contribution in [3.05, 3.63) is 81.6 Å². The lowest BCUT2D eigenvalue weighted by molar-refractivity contribution is -0.120. The average molecular weight is 436 g/mol. The van der Waals surface area contributed by atoms with Gasteiger partial charge in [0.1, 0.15) is 11.6 Å². The zero-order valence-electron chi connectivity index (χ0n) is 16.5. The van der Waals surface area contributed by atoms with Gasteiger partial charge in [0.05, 0.1) is 5.56 Å². The Morgan fingerprint density at radius 1 is 1.13 bits per heavy atom. The summed E-state index contributed by atoms with van der Waals surface area (Å²) in [7, 11) is 0. The molecule has 0 bridgehead atoms. The molecule has 0 unspecified atom stereocenters. The molecule has 1 aliphatic heterocycles. The molecule has 2 amide bonds. The molecule has 3 aromatic rings. The van der Waals surface area contributed by atoms with Crippen LogP contribution in [0.5, 0.6) is 5.75 Å². The summed E-state index contributed by atoms with van der Waals surface area (Å²) in [4.78, 5) is 43.4. The summed E-state index contributed by atoms with van der Waals surface area (Å²) in [6, 6.07) is 16.7. The number of carbonyl (C=O) groups is 2. The quantitative estimate of drug-likeness (QED) is 0.386. The minimum Gasteiger partial charge on any atom is -0.484 e. The Morgan fingerprint density at radius 3 is 2.58 bits per heavy atom. The van der Waals surface area contributed by atoms with Crippen molar-refractivity contribution in [2.45, 2.75) is 23.2 Å². The highest BCUT2D eigenvalue weighted by molar-refractivity contribution is 7.98. The Bertz CT molecular complexity index is 1160. The molecule has 8 nitrogen and oxygen atoms in total. The largest absolute Gasteiger partial charge is 0.484 e. The van der Waals surface area contributed by atoms with Crippen LogP contribution in [0.15, 0.2) is 64.5 Å². The smallest absolute Gasteiger partial charge is 0.257 e. The normalized spacial score (nSPS) is 15.1. The predicted molar refractivity (Wildman–Crippen MR) is 117 cm³/mol. The molecule has 9 heteroatoms. The lowest BCUT2D eigenvalue weighted by Gasteiger charge is -2.24. The maximum absolute atomic E-state index is 12.9. The number of thioether (sulfide) groups is 1. The van der Waals surface area contributed by atoms with E-state index < -0.39 is 11.8 Å². The molecule has 158 valence electrons. The van der Waals surface area contributed by atoms with E-state index in [2.05, 4.69) is 15.3 Å². The molecule has 2 aromatic carbocycles. The number of benzene rings is 2. The number of rotatable bonds is 7. The summed E-state index contributed by atoms with van der Waals surface area (Å²) in [6.07, 6.45) is 0.135. The molecule has 0 radical (unpaired) electrons.